The summed E-state index contributed by atoms with van der Waals surface area (Å²) in [6, 6.07) is 4.07. The molecule has 0 aromatic carbocycles. The smallest absolute Gasteiger partial charge is 0.310 e. The second-order valence-corrected chi connectivity index (χ2v) is 6.42. The number of carbonyl (C=O) groups is 1. The van der Waals surface area contributed by atoms with Crippen molar-refractivity contribution in [3.05, 3.63) is 21.9 Å². The van der Waals surface area contributed by atoms with E-state index in [0.29, 0.717) is 6.42 Å². The molecule has 0 bridgehead atoms. The SMILES string of the molecule is COC(=O)Cc1ccc(CNCCCOCC2CC2)s1. The number of hydrogen-bond donors (Lipinski definition) is 1. The van der Waals surface area contributed by atoms with E-state index in [1.54, 1.807) is 11.3 Å². The predicted octanol–water partition coefficient (Wildman–Crippen LogP) is 2.37. The average Bonchev–Trinajstić information content (AvgIpc) is 3.17. The number of thiophene rings is 1. The summed E-state index contributed by atoms with van der Waals surface area (Å²) in [6.45, 7) is 3.62. The van der Waals surface area contributed by atoms with Gasteiger partial charge in [-0.05, 0) is 43.9 Å². The second-order valence-electron chi connectivity index (χ2n) is 5.17. The van der Waals surface area contributed by atoms with Gasteiger partial charge < -0.3 is 14.8 Å². The molecule has 1 fully saturated rings. The number of hydrogen-bond acceptors (Lipinski definition) is 5. The zero-order chi connectivity index (χ0) is 14.2. The van der Waals surface area contributed by atoms with Gasteiger partial charge in [-0.2, -0.15) is 0 Å². The van der Waals surface area contributed by atoms with Gasteiger partial charge in [0, 0.05) is 29.5 Å². The Kier molecular flexibility index (Phi) is 6.50. The number of carbonyl (C=O) groups excluding carboxylic acids is 1. The number of rotatable bonds is 10. The van der Waals surface area contributed by atoms with Crippen molar-refractivity contribution < 1.29 is 14.3 Å². The van der Waals surface area contributed by atoms with Gasteiger partial charge in [-0.15, -0.1) is 11.3 Å². The Morgan fingerprint density at radius 2 is 2.20 bits per heavy atom. The molecule has 0 saturated heterocycles. The molecule has 0 aliphatic heterocycles. The zero-order valence-corrected chi connectivity index (χ0v) is 12.8. The summed E-state index contributed by atoms with van der Waals surface area (Å²) < 4.78 is 10.2. The highest BCUT2D eigenvalue weighted by Gasteiger charge is 2.20. The maximum atomic E-state index is 11.2. The minimum Gasteiger partial charge on any atom is -0.469 e. The van der Waals surface area contributed by atoms with Crippen LogP contribution in [0.5, 0.6) is 0 Å². The Morgan fingerprint density at radius 3 is 2.95 bits per heavy atom. The molecule has 1 heterocycles. The van der Waals surface area contributed by atoms with Crippen LogP contribution < -0.4 is 5.32 Å². The van der Waals surface area contributed by atoms with Crippen LogP contribution >= 0.6 is 11.3 Å². The largest absolute Gasteiger partial charge is 0.469 e. The van der Waals surface area contributed by atoms with Crippen LogP contribution in [-0.4, -0.2) is 32.8 Å². The van der Waals surface area contributed by atoms with E-state index in [9.17, 15) is 4.79 Å². The molecule has 1 aliphatic rings. The fourth-order valence-electron chi connectivity index (χ4n) is 1.87. The monoisotopic (exact) mass is 297 g/mol. The fraction of sp³-hybridized carbons (Fsp3) is 0.667. The second kappa shape index (κ2) is 8.39. The van der Waals surface area contributed by atoms with Gasteiger partial charge in [0.2, 0.25) is 0 Å². The molecule has 0 spiro atoms. The van der Waals surface area contributed by atoms with Crippen molar-refractivity contribution in [2.45, 2.75) is 32.2 Å². The van der Waals surface area contributed by atoms with E-state index >= 15 is 0 Å². The Hall–Kier alpha value is -0.910. The van der Waals surface area contributed by atoms with E-state index < -0.39 is 0 Å². The Bertz CT molecular complexity index is 415. The van der Waals surface area contributed by atoms with Crippen LogP contribution in [0.25, 0.3) is 0 Å². The molecule has 1 aromatic heterocycles. The van der Waals surface area contributed by atoms with Gasteiger partial charge >= 0.3 is 5.97 Å². The summed E-state index contributed by atoms with van der Waals surface area (Å²) in [5.74, 6) is 0.668. The first kappa shape index (κ1) is 15.5. The average molecular weight is 297 g/mol. The summed E-state index contributed by atoms with van der Waals surface area (Å²) in [4.78, 5) is 13.5. The van der Waals surface area contributed by atoms with Gasteiger partial charge in [-0.1, -0.05) is 0 Å². The molecule has 2 rings (SSSR count). The molecule has 20 heavy (non-hydrogen) atoms. The number of methoxy groups -OCH3 is 1. The topological polar surface area (TPSA) is 47.6 Å². The van der Waals surface area contributed by atoms with Crippen LogP contribution in [0.15, 0.2) is 12.1 Å². The third kappa shape index (κ3) is 6.03. The van der Waals surface area contributed by atoms with Crippen LogP contribution in [0.4, 0.5) is 0 Å². The molecular formula is C15H23NO3S. The van der Waals surface area contributed by atoms with E-state index in [4.69, 9.17) is 4.74 Å². The van der Waals surface area contributed by atoms with Crippen LogP contribution in [-0.2, 0) is 27.2 Å². The molecule has 4 nitrogen and oxygen atoms in total. The van der Waals surface area contributed by atoms with Crippen LogP contribution in [0.1, 0.15) is 29.0 Å². The van der Waals surface area contributed by atoms with E-state index in [1.807, 2.05) is 6.07 Å². The van der Waals surface area contributed by atoms with Gasteiger partial charge in [0.05, 0.1) is 13.5 Å². The predicted molar refractivity (Wildman–Crippen MR) is 79.9 cm³/mol. The Labute approximate surface area is 124 Å². The van der Waals surface area contributed by atoms with Crippen LogP contribution in [0.3, 0.4) is 0 Å². The molecular weight excluding hydrogens is 274 g/mol. The van der Waals surface area contributed by atoms with Gasteiger partial charge in [-0.25, -0.2) is 0 Å². The van der Waals surface area contributed by atoms with E-state index in [2.05, 4.69) is 16.1 Å². The maximum Gasteiger partial charge on any atom is 0.310 e. The highest BCUT2D eigenvalue weighted by atomic mass is 32.1. The van der Waals surface area contributed by atoms with Crippen molar-refractivity contribution in [3.63, 3.8) is 0 Å². The molecule has 0 atom stereocenters. The minimum atomic E-state index is -0.181. The van der Waals surface area contributed by atoms with E-state index in [1.165, 1.54) is 24.8 Å². The van der Waals surface area contributed by atoms with Gasteiger partial charge in [0.15, 0.2) is 0 Å². The third-order valence-corrected chi connectivity index (χ3v) is 4.34. The lowest BCUT2D eigenvalue weighted by molar-refractivity contribution is -0.139. The third-order valence-electron chi connectivity index (χ3n) is 3.26. The van der Waals surface area contributed by atoms with Crippen LogP contribution in [0, 0.1) is 5.92 Å². The van der Waals surface area contributed by atoms with Crippen LogP contribution in [0.2, 0.25) is 0 Å². The van der Waals surface area contributed by atoms with Crippen molar-refractivity contribution in [2.75, 3.05) is 26.9 Å². The first-order valence-corrected chi connectivity index (χ1v) is 8.02. The summed E-state index contributed by atoms with van der Waals surface area (Å²) in [5.41, 5.74) is 0. The first-order valence-electron chi connectivity index (χ1n) is 7.21. The Morgan fingerprint density at radius 1 is 1.40 bits per heavy atom. The molecule has 1 aliphatic carbocycles. The Balaban J connectivity index is 1.51. The van der Waals surface area contributed by atoms with Crippen molar-refractivity contribution in [3.8, 4) is 0 Å². The number of ether oxygens (including phenoxy) is 2. The highest BCUT2D eigenvalue weighted by molar-refractivity contribution is 7.12. The molecule has 0 unspecified atom stereocenters. The quantitative estimate of drug-likeness (QED) is 0.532. The van der Waals surface area contributed by atoms with Crippen molar-refractivity contribution in [2.24, 2.45) is 5.92 Å². The lowest BCUT2D eigenvalue weighted by Crippen LogP contribution is -2.16. The van der Waals surface area contributed by atoms with Crippen molar-refractivity contribution in [1.29, 1.82) is 0 Å². The molecule has 112 valence electrons. The summed E-state index contributed by atoms with van der Waals surface area (Å²) in [6.07, 6.45) is 4.12. The normalized spacial score (nSPS) is 14.4. The lowest BCUT2D eigenvalue weighted by Gasteiger charge is -2.04. The molecule has 1 aromatic rings. The van der Waals surface area contributed by atoms with Crippen molar-refractivity contribution >= 4 is 17.3 Å². The number of nitrogens with one attached hydrogen (secondary N) is 1. The molecule has 1 N–H and O–H groups in total. The molecule has 0 radical (unpaired) electrons. The van der Waals surface area contributed by atoms with E-state index in [0.717, 1.165) is 43.5 Å². The standard InChI is InChI=1S/C15H23NO3S/c1-18-15(17)9-13-5-6-14(20-13)10-16-7-2-8-19-11-12-3-4-12/h5-6,12,16H,2-4,7-11H2,1H3. The summed E-state index contributed by atoms with van der Waals surface area (Å²) in [7, 11) is 1.42. The summed E-state index contributed by atoms with van der Waals surface area (Å²) >= 11 is 1.66. The van der Waals surface area contributed by atoms with E-state index in [-0.39, 0.29) is 5.97 Å². The zero-order valence-electron chi connectivity index (χ0n) is 12.0. The number of esters is 1. The van der Waals surface area contributed by atoms with Gasteiger partial charge in [-0.3, -0.25) is 4.79 Å². The first-order chi connectivity index (χ1) is 9.78. The maximum absolute atomic E-state index is 11.2. The van der Waals surface area contributed by atoms with Gasteiger partial charge in [0.25, 0.3) is 0 Å². The molecule has 5 heteroatoms. The molecule has 0 amide bonds. The van der Waals surface area contributed by atoms with Crippen molar-refractivity contribution in [1.82, 2.24) is 5.32 Å². The minimum absolute atomic E-state index is 0.181. The summed E-state index contributed by atoms with van der Waals surface area (Å²) in [5, 5.41) is 3.40. The fourth-order valence-corrected chi connectivity index (χ4v) is 2.85. The molecule has 1 saturated carbocycles. The van der Waals surface area contributed by atoms with Gasteiger partial charge in [0.1, 0.15) is 0 Å². The lowest BCUT2D eigenvalue weighted by atomic mass is 10.3. The highest BCUT2D eigenvalue weighted by Crippen LogP contribution is 2.28.